The normalized spacial score (nSPS) is 17.1. The van der Waals surface area contributed by atoms with E-state index in [9.17, 15) is 0 Å². The number of nitrogens with zero attached hydrogens (tertiary/aromatic N) is 1. The Labute approximate surface area is 361 Å². The van der Waals surface area contributed by atoms with Crippen molar-refractivity contribution in [2.75, 3.05) is 4.90 Å². The number of rotatable bonds is 4. The number of fused-ring (bicyclic) bond motifs is 14. The minimum Gasteiger partial charge on any atom is -0.310 e. The molecule has 0 saturated heterocycles. The zero-order valence-electron chi connectivity index (χ0n) is 36.1. The van der Waals surface area contributed by atoms with Gasteiger partial charge in [-0.25, -0.2) is 0 Å². The van der Waals surface area contributed by atoms with Crippen LogP contribution in [0.5, 0.6) is 0 Å². The Kier molecular flexibility index (Phi) is 7.49. The summed E-state index contributed by atoms with van der Waals surface area (Å²) in [6, 6.07) is 67.4. The van der Waals surface area contributed by atoms with Crippen LogP contribution >= 0.6 is 0 Å². The van der Waals surface area contributed by atoms with E-state index < -0.39 is 5.41 Å². The molecule has 0 fully saturated rings. The van der Waals surface area contributed by atoms with Crippen molar-refractivity contribution in [1.82, 2.24) is 0 Å². The van der Waals surface area contributed by atoms with Gasteiger partial charge in [-0.3, -0.25) is 0 Å². The molecule has 0 unspecified atom stereocenters. The number of benzene rings is 8. The summed E-state index contributed by atoms with van der Waals surface area (Å²) in [4.78, 5) is 2.56. The lowest BCUT2D eigenvalue weighted by atomic mass is 9.63. The second-order valence-electron chi connectivity index (χ2n) is 19.9. The van der Waals surface area contributed by atoms with Crippen LogP contribution in [0.25, 0.3) is 44.5 Å². The van der Waals surface area contributed by atoms with Crippen LogP contribution in [0, 0.1) is 0 Å². The molecule has 0 bridgehead atoms. The Morgan fingerprint density at radius 2 is 0.836 bits per heavy atom. The van der Waals surface area contributed by atoms with Crippen molar-refractivity contribution >= 4 is 17.1 Å². The van der Waals surface area contributed by atoms with Gasteiger partial charge in [0.15, 0.2) is 0 Å². The fourth-order valence-electron chi connectivity index (χ4n) is 12.1. The Hall–Kier alpha value is -6.44. The van der Waals surface area contributed by atoms with E-state index in [2.05, 4.69) is 222 Å². The van der Waals surface area contributed by atoms with Gasteiger partial charge < -0.3 is 4.90 Å². The zero-order chi connectivity index (χ0) is 41.5. The first-order valence-electron chi connectivity index (χ1n) is 22.2. The molecule has 0 aliphatic heterocycles. The monoisotopic (exact) mass is 785 g/mol. The van der Waals surface area contributed by atoms with Gasteiger partial charge >= 0.3 is 0 Å². The minimum absolute atomic E-state index is 0.0859. The summed E-state index contributed by atoms with van der Waals surface area (Å²) >= 11 is 0. The summed E-state index contributed by atoms with van der Waals surface area (Å²) in [5.74, 6) is 0. The van der Waals surface area contributed by atoms with Crippen LogP contribution in [0.2, 0.25) is 0 Å². The van der Waals surface area contributed by atoms with Crippen LogP contribution < -0.4 is 4.90 Å². The molecule has 8 aromatic rings. The summed E-state index contributed by atoms with van der Waals surface area (Å²) in [6.45, 7) is 14.6. The van der Waals surface area contributed by atoms with Crippen molar-refractivity contribution in [1.29, 1.82) is 0 Å². The molecule has 12 rings (SSSR count). The maximum absolute atomic E-state index is 2.56. The van der Waals surface area contributed by atoms with Crippen LogP contribution in [0.1, 0.15) is 98.9 Å². The predicted octanol–water partition coefficient (Wildman–Crippen LogP) is 15.8. The molecule has 4 aliphatic carbocycles. The summed E-state index contributed by atoms with van der Waals surface area (Å²) < 4.78 is 0. The van der Waals surface area contributed by atoms with Gasteiger partial charge in [-0.05, 0) is 144 Å². The highest BCUT2D eigenvalue weighted by molar-refractivity contribution is 5.98. The summed E-state index contributed by atoms with van der Waals surface area (Å²) in [5, 5.41) is 0. The van der Waals surface area contributed by atoms with Crippen LogP contribution in [-0.4, -0.2) is 0 Å². The van der Waals surface area contributed by atoms with E-state index in [4.69, 9.17) is 0 Å². The van der Waals surface area contributed by atoms with Crippen molar-refractivity contribution in [3.05, 3.63) is 220 Å². The van der Waals surface area contributed by atoms with Gasteiger partial charge in [-0.15, -0.1) is 0 Å². The van der Waals surface area contributed by atoms with E-state index in [0.29, 0.717) is 0 Å². The van der Waals surface area contributed by atoms with E-state index in [0.717, 1.165) is 11.4 Å². The van der Waals surface area contributed by atoms with Gasteiger partial charge in [0, 0.05) is 22.4 Å². The fourth-order valence-corrected chi connectivity index (χ4v) is 12.1. The first-order chi connectivity index (χ1) is 29.5. The van der Waals surface area contributed by atoms with Gasteiger partial charge in [0.05, 0.1) is 11.1 Å². The van der Waals surface area contributed by atoms with Gasteiger partial charge in [-0.1, -0.05) is 181 Å². The zero-order valence-corrected chi connectivity index (χ0v) is 36.1. The molecule has 1 spiro atoms. The lowest BCUT2D eigenvalue weighted by molar-refractivity contribution is 0.332. The highest BCUT2D eigenvalue weighted by Gasteiger charge is 2.52. The molecule has 296 valence electrons. The average molecular weight is 786 g/mol. The van der Waals surface area contributed by atoms with E-state index in [1.54, 1.807) is 0 Å². The van der Waals surface area contributed by atoms with Crippen LogP contribution in [0.3, 0.4) is 0 Å². The largest absolute Gasteiger partial charge is 0.310 e. The third kappa shape index (κ3) is 4.89. The summed E-state index contributed by atoms with van der Waals surface area (Å²) in [7, 11) is 0. The van der Waals surface area contributed by atoms with Crippen LogP contribution in [0.4, 0.5) is 17.1 Å². The maximum atomic E-state index is 2.56. The van der Waals surface area contributed by atoms with Crippen molar-refractivity contribution < 1.29 is 0 Å². The summed E-state index contributed by atoms with van der Waals surface area (Å²) in [6.07, 6.45) is 2.37. The van der Waals surface area contributed by atoms with E-state index in [1.807, 2.05) is 0 Å². The molecule has 0 heterocycles. The number of hydrogen-bond acceptors (Lipinski definition) is 1. The average Bonchev–Trinajstić information content (AvgIpc) is 3.84. The molecule has 4 aliphatic rings. The molecule has 1 nitrogen and oxygen atoms in total. The number of hydrogen-bond donors (Lipinski definition) is 0. The van der Waals surface area contributed by atoms with Crippen molar-refractivity contribution in [3.63, 3.8) is 0 Å². The van der Waals surface area contributed by atoms with Crippen LogP contribution in [0.15, 0.2) is 176 Å². The molecule has 61 heavy (non-hydrogen) atoms. The third-order valence-electron chi connectivity index (χ3n) is 15.4. The topological polar surface area (TPSA) is 3.24 Å². The van der Waals surface area contributed by atoms with Crippen molar-refractivity contribution in [3.8, 4) is 44.5 Å². The molecule has 0 N–H and O–H groups in total. The Morgan fingerprint density at radius 3 is 1.44 bits per heavy atom. The Bertz CT molecular complexity index is 3060. The maximum Gasteiger partial charge on any atom is 0.0726 e. The molecule has 0 atom stereocenters. The van der Waals surface area contributed by atoms with Gasteiger partial charge in [0.1, 0.15) is 0 Å². The smallest absolute Gasteiger partial charge is 0.0726 e. The van der Waals surface area contributed by atoms with Crippen molar-refractivity contribution in [2.24, 2.45) is 0 Å². The highest BCUT2D eigenvalue weighted by atomic mass is 15.1. The standard InChI is InChI=1S/C60H51N/c1-57(2)32-33-58(3,4)55-34-38(28-31-52(55)57)46-36-47-44-23-10-14-24-48(44)59(5,6)53(47)37-56(46)61(39-18-8-7-9-19-39)40-29-30-45-43-22-13-17-27-51(43)60(54(45)35-40)49-25-15-11-20-41(49)42-21-12-16-26-50(42)60/h7-31,34-37H,32-33H2,1-6H3. The second kappa shape index (κ2) is 12.6. The Balaban J connectivity index is 1.16. The molecule has 0 saturated carbocycles. The number of para-hydroxylation sites is 1. The van der Waals surface area contributed by atoms with Crippen molar-refractivity contribution in [2.45, 2.75) is 76.0 Å². The third-order valence-corrected chi connectivity index (χ3v) is 15.4. The quantitative estimate of drug-likeness (QED) is 0.172. The van der Waals surface area contributed by atoms with Gasteiger partial charge in [0.25, 0.3) is 0 Å². The second-order valence-corrected chi connectivity index (χ2v) is 19.9. The number of anilines is 3. The highest BCUT2D eigenvalue weighted by Crippen LogP contribution is 2.64. The summed E-state index contributed by atoms with van der Waals surface area (Å²) in [5.41, 5.74) is 24.8. The molecule has 0 aromatic heterocycles. The molecule has 1 heteroatoms. The van der Waals surface area contributed by atoms with Gasteiger partial charge in [-0.2, -0.15) is 0 Å². The molecule has 0 amide bonds. The molecular formula is C60H51N. The predicted molar refractivity (Wildman–Crippen MR) is 256 cm³/mol. The molecule has 8 aromatic carbocycles. The SMILES string of the molecule is CC1(C)CCC(C)(C)c2cc(-c3cc4c(cc3N(c3ccccc3)c3ccc5c(c3)C3(c6ccccc6-c6ccccc63)c3ccccc3-5)C(C)(C)c3ccccc3-4)ccc21. The van der Waals surface area contributed by atoms with E-state index in [-0.39, 0.29) is 16.2 Å². The van der Waals surface area contributed by atoms with E-state index in [1.165, 1.54) is 108 Å². The first-order valence-corrected chi connectivity index (χ1v) is 22.2. The molecule has 0 radical (unpaired) electrons. The van der Waals surface area contributed by atoms with Gasteiger partial charge in [0.2, 0.25) is 0 Å². The Morgan fingerprint density at radius 1 is 0.328 bits per heavy atom. The minimum atomic E-state index is -0.432. The lowest BCUT2D eigenvalue weighted by Crippen LogP contribution is -2.33. The van der Waals surface area contributed by atoms with E-state index >= 15 is 0 Å². The lowest BCUT2D eigenvalue weighted by Gasteiger charge is -2.42. The first kappa shape index (κ1) is 36.4. The molecular weight excluding hydrogens is 735 g/mol. The van der Waals surface area contributed by atoms with Crippen LogP contribution in [-0.2, 0) is 21.7 Å². The fraction of sp³-hybridized carbons (Fsp3) is 0.200.